The number of hydrogen-bond acceptors (Lipinski definition) is 3. The van der Waals surface area contributed by atoms with Crippen LogP contribution in [-0.2, 0) is 16.1 Å². The minimum absolute atomic E-state index is 0.00663. The van der Waals surface area contributed by atoms with E-state index in [2.05, 4.69) is 0 Å². The smallest absolute Gasteiger partial charge is 0.227 e. The average molecular weight is 375 g/mol. The first kappa shape index (κ1) is 17.6. The van der Waals surface area contributed by atoms with E-state index in [1.54, 1.807) is 0 Å². The molecule has 1 N–H and O–H groups in total. The molecule has 138 valence electrons. The number of aliphatic carboxylic acids is 1. The number of amides is 1. The first-order valence-corrected chi connectivity index (χ1v) is 9.67. The molecule has 1 saturated heterocycles. The number of hydrogen-bond donors (Lipinski definition) is 1. The zero-order valence-corrected chi connectivity index (χ0v) is 15.3. The molecule has 0 unspecified atom stereocenters. The van der Waals surface area contributed by atoms with Crippen LogP contribution in [0.3, 0.4) is 0 Å². The summed E-state index contributed by atoms with van der Waals surface area (Å²) >= 11 is 6.24. The summed E-state index contributed by atoms with van der Waals surface area (Å²) in [5.74, 6) is -2.17. The molecular weight excluding hydrogens is 352 g/mol. The van der Waals surface area contributed by atoms with Gasteiger partial charge >= 0.3 is 0 Å². The normalized spacial score (nSPS) is 30.7. The molecule has 1 saturated carbocycles. The van der Waals surface area contributed by atoms with Crippen LogP contribution in [0.25, 0.3) is 0 Å². The number of piperazine rings is 1. The number of quaternary nitrogens is 1. The van der Waals surface area contributed by atoms with Crippen LogP contribution < -0.4 is 10.0 Å². The summed E-state index contributed by atoms with van der Waals surface area (Å²) in [6, 6.07) is 7.86. The number of halogens is 1. The highest BCUT2D eigenvalue weighted by Gasteiger charge is 2.50. The molecule has 0 spiro atoms. The molecule has 4 atom stereocenters. The number of carboxylic acid groups (broad SMARTS) is 1. The van der Waals surface area contributed by atoms with E-state index in [-0.39, 0.29) is 17.7 Å². The number of carbonyl (C=O) groups is 2. The van der Waals surface area contributed by atoms with Crippen molar-refractivity contribution in [2.75, 3.05) is 26.2 Å². The molecule has 1 heterocycles. The zero-order chi connectivity index (χ0) is 18.3. The summed E-state index contributed by atoms with van der Waals surface area (Å²) in [6.45, 7) is 3.87. The highest BCUT2D eigenvalue weighted by molar-refractivity contribution is 6.31. The van der Waals surface area contributed by atoms with Crippen molar-refractivity contribution < 1.29 is 19.6 Å². The van der Waals surface area contributed by atoms with E-state index in [0.717, 1.165) is 36.6 Å². The Morgan fingerprint density at radius 2 is 1.77 bits per heavy atom. The Labute approximate surface area is 158 Å². The SMILES string of the molecule is O=C([O-])[C@H]1[C@H](C(=O)N2CC[NH+](Cc3ccccc3Cl)CC2)[C@H]2C=C[C@@H]1C2. The number of carbonyl (C=O) groups excluding carboxylic acids is 2. The summed E-state index contributed by atoms with van der Waals surface area (Å²) < 4.78 is 0. The van der Waals surface area contributed by atoms with Crippen LogP contribution in [0.5, 0.6) is 0 Å². The number of allylic oxidation sites excluding steroid dienone is 2. The van der Waals surface area contributed by atoms with Crippen LogP contribution in [-0.4, -0.2) is 43.0 Å². The number of nitrogens with one attached hydrogen (secondary N) is 1. The maximum atomic E-state index is 13.0. The predicted molar refractivity (Wildman–Crippen MR) is 95.2 cm³/mol. The molecule has 1 amide bonds. The molecule has 2 aliphatic carbocycles. The lowest BCUT2D eigenvalue weighted by Crippen LogP contribution is -3.13. The second-order valence-corrected chi connectivity index (χ2v) is 8.07. The zero-order valence-electron chi connectivity index (χ0n) is 14.6. The van der Waals surface area contributed by atoms with Crippen LogP contribution in [0.4, 0.5) is 0 Å². The van der Waals surface area contributed by atoms with E-state index in [4.69, 9.17) is 11.6 Å². The molecule has 3 aliphatic rings. The number of rotatable bonds is 4. The van der Waals surface area contributed by atoms with Gasteiger partial charge in [0.2, 0.25) is 5.91 Å². The maximum absolute atomic E-state index is 13.0. The van der Waals surface area contributed by atoms with Crippen LogP contribution in [0, 0.1) is 23.7 Å². The average Bonchev–Trinajstić information content (AvgIpc) is 3.25. The highest BCUT2D eigenvalue weighted by atomic mass is 35.5. The number of benzene rings is 1. The number of nitrogens with zero attached hydrogens (tertiary/aromatic N) is 1. The fourth-order valence-corrected chi connectivity index (χ4v) is 5.02. The van der Waals surface area contributed by atoms with Crippen molar-refractivity contribution in [3.63, 3.8) is 0 Å². The molecule has 1 aliphatic heterocycles. The van der Waals surface area contributed by atoms with Gasteiger partial charge in [0.25, 0.3) is 0 Å². The Kier molecular flexibility index (Phi) is 4.76. The third-order valence-corrected chi connectivity index (χ3v) is 6.57. The fourth-order valence-electron chi connectivity index (χ4n) is 4.82. The quantitative estimate of drug-likeness (QED) is 0.739. The Morgan fingerprint density at radius 3 is 2.42 bits per heavy atom. The second-order valence-electron chi connectivity index (χ2n) is 7.66. The van der Waals surface area contributed by atoms with Crippen LogP contribution >= 0.6 is 11.6 Å². The first-order chi connectivity index (χ1) is 12.5. The monoisotopic (exact) mass is 374 g/mol. The molecule has 0 aromatic heterocycles. The van der Waals surface area contributed by atoms with Crippen molar-refractivity contribution in [2.24, 2.45) is 23.7 Å². The summed E-state index contributed by atoms with van der Waals surface area (Å²) in [5.41, 5.74) is 1.12. The molecule has 26 heavy (non-hydrogen) atoms. The standard InChI is InChI=1S/C20H23ClN2O3/c21-16-4-2-1-3-15(16)12-22-7-9-23(10-8-22)19(24)17-13-5-6-14(11-13)18(17)20(25)26/h1-6,13-14,17-18H,7-12H2,(H,25,26)/t13-,14+,17+,18+/m0/s1. The maximum Gasteiger partial charge on any atom is 0.227 e. The van der Waals surface area contributed by atoms with Gasteiger partial charge < -0.3 is 19.7 Å². The topological polar surface area (TPSA) is 64.9 Å². The molecule has 2 bridgehead atoms. The van der Waals surface area contributed by atoms with Gasteiger partial charge in [-0.15, -0.1) is 0 Å². The number of fused-ring (bicyclic) bond motifs is 2. The van der Waals surface area contributed by atoms with Crippen molar-refractivity contribution in [3.05, 3.63) is 47.0 Å². The van der Waals surface area contributed by atoms with Crippen molar-refractivity contribution >= 4 is 23.5 Å². The van der Waals surface area contributed by atoms with Crippen molar-refractivity contribution in [1.82, 2.24) is 4.90 Å². The minimum atomic E-state index is -1.08. The Morgan fingerprint density at radius 1 is 1.12 bits per heavy atom. The first-order valence-electron chi connectivity index (χ1n) is 9.29. The highest BCUT2D eigenvalue weighted by Crippen LogP contribution is 2.48. The van der Waals surface area contributed by atoms with Crippen molar-refractivity contribution in [1.29, 1.82) is 0 Å². The van der Waals surface area contributed by atoms with E-state index in [1.165, 1.54) is 4.90 Å². The molecule has 4 rings (SSSR count). The van der Waals surface area contributed by atoms with E-state index in [9.17, 15) is 14.7 Å². The lowest BCUT2D eigenvalue weighted by atomic mass is 9.82. The van der Waals surface area contributed by atoms with Gasteiger partial charge in [-0.2, -0.15) is 0 Å². The third-order valence-electron chi connectivity index (χ3n) is 6.20. The largest absolute Gasteiger partial charge is 0.550 e. The summed E-state index contributed by atoms with van der Waals surface area (Å²) in [6.07, 6.45) is 4.74. The van der Waals surface area contributed by atoms with Gasteiger partial charge in [-0.05, 0) is 24.3 Å². The van der Waals surface area contributed by atoms with Crippen LogP contribution in [0.15, 0.2) is 36.4 Å². The van der Waals surface area contributed by atoms with E-state index in [0.29, 0.717) is 13.1 Å². The van der Waals surface area contributed by atoms with Gasteiger partial charge in [-0.1, -0.05) is 42.0 Å². The third kappa shape index (κ3) is 3.14. The Bertz CT molecular complexity index is 742. The summed E-state index contributed by atoms with van der Waals surface area (Å²) in [4.78, 5) is 27.8. The van der Waals surface area contributed by atoms with Gasteiger partial charge in [-0.25, -0.2) is 0 Å². The minimum Gasteiger partial charge on any atom is -0.550 e. The fraction of sp³-hybridized carbons (Fsp3) is 0.500. The van der Waals surface area contributed by atoms with Gasteiger partial charge in [0, 0.05) is 22.5 Å². The molecule has 0 radical (unpaired) electrons. The lowest BCUT2D eigenvalue weighted by Gasteiger charge is -2.37. The second kappa shape index (κ2) is 7.05. The van der Waals surface area contributed by atoms with E-state index < -0.39 is 17.8 Å². The molecule has 2 fully saturated rings. The Hall–Kier alpha value is -1.85. The number of carboxylic acids is 1. The molecular formula is C20H23ClN2O3. The van der Waals surface area contributed by atoms with Crippen molar-refractivity contribution in [3.8, 4) is 0 Å². The molecule has 1 aromatic carbocycles. The van der Waals surface area contributed by atoms with E-state index in [1.807, 2.05) is 41.3 Å². The van der Waals surface area contributed by atoms with Gasteiger partial charge in [0.15, 0.2) is 0 Å². The van der Waals surface area contributed by atoms with Gasteiger partial charge in [0.05, 0.1) is 32.1 Å². The van der Waals surface area contributed by atoms with Crippen LogP contribution in [0.2, 0.25) is 5.02 Å². The summed E-state index contributed by atoms with van der Waals surface area (Å²) in [5, 5.41) is 12.3. The van der Waals surface area contributed by atoms with Gasteiger partial charge in [-0.3, -0.25) is 4.79 Å². The molecule has 5 nitrogen and oxygen atoms in total. The van der Waals surface area contributed by atoms with Crippen LogP contribution in [0.1, 0.15) is 12.0 Å². The van der Waals surface area contributed by atoms with Gasteiger partial charge in [0.1, 0.15) is 6.54 Å². The molecule has 6 heteroatoms. The lowest BCUT2D eigenvalue weighted by molar-refractivity contribution is -0.917. The van der Waals surface area contributed by atoms with Crippen molar-refractivity contribution in [2.45, 2.75) is 13.0 Å². The molecule has 1 aromatic rings. The van der Waals surface area contributed by atoms with E-state index >= 15 is 0 Å². The summed E-state index contributed by atoms with van der Waals surface area (Å²) in [7, 11) is 0. The Balaban J connectivity index is 1.37. The predicted octanol–water partition coefficient (Wildman–Crippen LogP) is -0.245.